The van der Waals surface area contributed by atoms with E-state index in [4.69, 9.17) is 28.4 Å². The van der Waals surface area contributed by atoms with Crippen molar-refractivity contribution in [1.29, 1.82) is 0 Å². The van der Waals surface area contributed by atoms with Crippen LogP contribution in [0.3, 0.4) is 0 Å². The summed E-state index contributed by atoms with van der Waals surface area (Å²) in [6.45, 7) is -4.06. The maximum Gasteiger partial charge on any atom is 0.224 e. The second kappa shape index (κ2) is 15.2. The monoisotopic (exact) mass is 664 g/mol. The maximum atomic E-state index is 10.9. The molecule has 4 fully saturated rings. The summed E-state index contributed by atoms with van der Waals surface area (Å²) in [7, 11) is 0. The van der Waals surface area contributed by atoms with Gasteiger partial charge >= 0.3 is 0 Å². The molecule has 45 heavy (non-hydrogen) atoms. The first-order valence-electron chi connectivity index (χ1n) is 14.4. The molecule has 20 nitrogen and oxygen atoms in total. The molecule has 0 bridgehead atoms. The van der Waals surface area contributed by atoms with Crippen molar-refractivity contribution in [2.24, 2.45) is 5.92 Å². The van der Waals surface area contributed by atoms with E-state index in [-0.39, 0.29) is 6.42 Å². The summed E-state index contributed by atoms with van der Waals surface area (Å²) in [5, 5.41) is 143. The Bertz CT molecular complexity index is 929. The average molecular weight is 665 g/mol. The Hall–Kier alpha value is -0.800. The highest BCUT2D eigenvalue weighted by Gasteiger charge is 2.61. The van der Waals surface area contributed by atoms with Crippen LogP contribution in [-0.2, 0) is 28.4 Å². The third-order valence-electron chi connectivity index (χ3n) is 8.79. The van der Waals surface area contributed by atoms with Crippen LogP contribution in [-0.4, -0.2) is 214 Å². The van der Waals surface area contributed by atoms with Gasteiger partial charge in [0, 0.05) is 12.5 Å². The predicted molar refractivity (Wildman–Crippen MR) is 137 cm³/mol. The normalized spacial score (nSPS) is 52.7. The largest absolute Gasteiger partial charge is 0.396 e. The molecule has 19 atom stereocenters. The molecule has 0 aromatic heterocycles. The first-order valence-corrected chi connectivity index (χ1v) is 14.4. The summed E-state index contributed by atoms with van der Waals surface area (Å²) >= 11 is 0. The van der Waals surface area contributed by atoms with Crippen molar-refractivity contribution >= 4 is 0 Å². The zero-order valence-corrected chi connectivity index (χ0v) is 23.8. The smallest absolute Gasteiger partial charge is 0.224 e. The Morgan fingerprint density at radius 1 is 0.556 bits per heavy atom. The van der Waals surface area contributed by atoms with Gasteiger partial charge in [0.15, 0.2) is 12.6 Å². The van der Waals surface area contributed by atoms with E-state index < -0.39 is 149 Å². The molecule has 0 unspecified atom stereocenters. The van der Waals surface area contributed by atoms with Crippen LogP contribution < -0.4 is 0 Å². The third-order valence-corrected chi connectivity index (χ3v) is 8.79. The zero-order chi connectivity index (χ0) is 33.4. The lowest BCUT2D eigenvalue weighted by Gasteiger charge is -2.46. The number of hydrogen-bond acceptors (Lipinski definition) is 20. The van der Waals surface area contributed by atoms with Gasteiger partial charge in [-0.25, -0.2) is 0 Å². The van der Waals surface area contributed by atoms with Crippen LogP contribution >= 0.6 is 0 Å². The predicted octanol–water partition coefficient (Wildman–Crippen LogP) is -9.08. The second-order valence-corrected chi connectivity index (χ2v) is 11.7. The minimum atomic E-state index is -2.49. The van der Waals surface area contributed by atoms with E-state index in [1.165, 1.54) is 0 Å². The van der Waals surface area contributed by atoms with E-state index in [1.807, 2.05) is 0 Å². The standard InChI is InChI=1S/C25H44O20/c26-2-7-1-8(13(31)17(35)12(7)30)41-22-16(34)10(4-28)44-25(22,6-29)45-24-21(39)19(37)15(33)11(43-24)5-40-23-20(38)18(36)14(32)9(3-27)42-23/h7-24,26-39H,1-6H2/t7-,8+,9-,10-,11-,12+,13+,14+,15-,16-,17+,18+,19+,20-,21-,22+,23+,24-,25+/m1/s1. The molecule has 14 N–H and O–H groups in total. The van der Waals surface area contributed by atoms with Gasteiger partial charge in [-0.3, -0.25) is 0 Å². The first-order chi connectivity index (χ1) is 21.2. The SMILES string of the molecule is OC[C@H]1C[C@H](O[C@H]2[C@H](O)[C@@H](CO)O[C@@]2(CO)O[C@H]2O[C@H](CO[C@H]3O[C@H](CO)[C@H](O)[C@H](O)[C@H]3O)[C@@H](O)[C@H](O)[C@H]2O)[C@H](O)[C@@H](O)[C@H]1O. The molecule has 0 amide bonds. The lowest BCUT2D eigenvalue weighted by atomic mass is 9.81. The summed E-state index contributed by atoms with van der Waals surface area (Å²) < 4.78 is 33.3. The van der Waals surface area contributed by atoms with Crippen molar-refractivity contribution in [3.8, 4) is 0 Å². The maximum absolute atomic E-state index is 10.9. The quantitative estimate of drug-likeness (QED) is 0.0974. The van der Waals surface area contributed by atoms with E-state index in [0.29, 0.717) is 0 Å². The van der Waals surface area contributed by atoms with Crippen molar-refractivity contribution in [1.82, 2.24) is 0 Å². The number of ether oxygens (including phenoxy) is 6. The van der Waals surface area contributed by atoms with E-state index in [2.05, 4.69) is 0 Å². The van der Waals surface area contributed by atoms with Crippen LogP contribution in [0.15, 0.2) is 0 Å². The molecule has 3 heterocycles. The van der Waals surface area contributed by atoms with Gasteiger partial charge in [0.2, 0.25) is 5.79 Å². The molecular weight excluding hydrogens is 620 g/mol. The topological polar surface area (TPSA) is 339 Å². The molecule has 20 heteroatoms. The minimum Gasteiger partial charge on any atom is -0.396 e. The van der Waals surface area contributed by atoms with Crippen LogP contribution in [0.5, 0.6) is 0 Å². The molecule has 0 aromatic carbocycles. The van der Waals surface area contributed by atoms with E-state index in [1.54, 1.807) is 0 Å². The number of rotatable bonds is 11. The number of aliphatic hydroxyl groups is 14. The van der Waals surface area contributed by atoms with Gasteiger partial charge < -0.3 is 99.9 Å². The van der Waals surface area contributed by atoms with Gasteiger partial charge in [0.1, 0.15) is 86.0 Å². The van der Waals surface area contributed by atoms with Gasteiger partial charge in [0.05, 0.1) is 32.0 Å². The van der Waals surface area contributed by atoms with Crippen LogP contribution in [0.2, 0.25) is 0 Å². The van der Waals surface area contributed by atoms with Crippen molar-refractivity contribution in [3.63, 3.8) is 0 Å². The fraction of sp³-hybridized carbons (Fsp3) is 1.00. The highest BCUT2D eigenvalue weighted by atomic mass is 16.8. The minimum absolute atomic E-state index is 0.241. The molecule has 1 saturated carbocycles. The van der Waals surface area contributed by atoms with Crippen LogP contribution in [0.1, 0.15) is 6.42 Å². The summed E-state index contributed by atoms with van der Waals surface area (Å²) in [5.74, 6) is -3.45. The molecule has 0 aromatic rings. The lowest BCUT2D eigenvalue weighted by molar-refractivity contribution is -0.393. The van der Waals surface area contributed by atoms with Gasteiger partial charge in [-0.05, 0) is 6.42 Å². The van der Waals surface area contributed by atoms with Crippen molar-refractivity contribution in [3.05, 3.63) is 0 Å². The molecule has 4 aliphatic rings. The lowest BCUT2D eigenvalue weighted by Crippen LogP contribution is -2.64. The van der Waals surface area contributed by atoms with Gasteiger partial charge in [0.25, 0.3) is 0 Å². The molecular formula is C25H44O20. The van der Waals surface area contributed by atoms with Crippen LogP contribution in [0.25, 0.3) is 0 Å². The average Bonchev–Trinajstić information content (AvgIpc) is 3.30. The van der Waals surface area contributed by atoms with E-state index in [9.17, 15) is 71.5 Å². The molecule has 0 spiro atoms. The van der Waals surface area contributed by atoms with Crippen molar-refractivity contribution in [2.75, 3.05) is 33.0 Å². The second-order valence-electron chi connectivity index (χ2n) is 11.7. The highest BCUT2D eigenvalue weighted by Crippen LogP contribution is 2.40. The third kappa shape index (κ3) is 7.16. The summed E-state index contributed by atoms with van der Waals surface area (Å²) in [6, 6.07) is 0. The Morgan fingerprint density at radius 3 is 1.69 bits per heavy atom. The Kier molecular flexibility index (Phi) is 12.5. The van der Waals surface area contributed by atoms with Crippen molar-refractivity contribution < 1.29 is 99.9 Å². The van der Waals surface area contributed by atoms with Gasteiger partial charge in [-0.15, -0.1) is 0 Å². The van der Waals surface area contributed by atoms with Gasteiger partial charge in [-0.1, -0.05) is 0 Å². The van der Waals surface area contributed by atoms with Crippen molar-refractivity contribution in [2.45, 2.75) is 116 Å². The molecule has 1 aliphatic carbocycles. The fourth-order valence-electron chi connectivity index (χ4n) is 5.96. The molecule has 4 rings (SSSR count). The Morgan fingerprint density at radius 2 is 1.11 bits per heavy atom. The van der Waals surface area contributed by atoms with Gasteiger partial charge in [-0.2, -0.15) is 0 Å². The summed E-state index contributed by atoms with van der Waals surface area (Å²) in [4.78, 5) is 0. The van der Waals surface area contributed by atoms with E-state index >= 15 is 0 Å². The Balaban J connectivity index is 1.52. The molecule has 0 radical (unpaired) electrons. The fourth-order valence-corrected chi connectivity index (χ4v) is 5.96. The van der Waals surface area contributed by atoms with Crippen LogP contribution in [0, 0.1) is 5.92 Å². The zero-order valence-electron chi connectivity index (χ0n) is 23.8. The summed E-state index contributed by atoms with van der Waals surface area (Å²) in [6.07, 6.45) is -29.4. The summed E-state index contributed by atoms with van der Waals surface area (Å²) in [5.41, 5.74) is 0. The number of aliphatic hydroxyl groups excluding tert-OH is 14. The molecule has 3 aliphatic heterocycles. The van der Waals surface area contributed by atoms with E-state index in [0.717, 1.165) is 0 Å². The highest BCUT2D eigenvalue weighted by molar-refractivity contribution is 5.02. The first kappa shape index (κ1) is 37.0. The Labute approximate surface area is 255 Å². The number of hydrogen-bond donors (Lipinski definition) is 14. The molecule has 264 valence electrons. The van der Waals surface area contributed by atoms with Crippen LogP contribution in [0.4, 0.5) is 0 Å². The molecule has 3 saturated heterocycles.